The Morgan fingerprint density at radius 3 is 2.50 bits per heavy atom. The lowest BCUT2D eigenvalue weighted by Crippen LogP contribution is -2.56. The molecule has 1 aliphatic rings. The van der Waals surface area contributed by atoms with Crippen molar-refractivity contribution in [2.24, 2.45) is 0 Å². The molecule has 0 radical (unpaired) electrons. The van der Waals surface area contributed by atoms with Crippen LogP contribution in [0.15, 0.2) is 66.9 Å². The molecule has 0 spiro atoms. The van der Waals surface area contributed by atoms with Gasteiger partial charge >= 0.3 is 0 Å². The third-order valence-electron chi connectivity index (χ3n) is 5.07. The van der Waals surface area contributed by atoms with Gasteiger partial charge in [0.15, 0.2) is 11.7 Å². The smallest absolute Gasteiger partial charge is 0.264 e. The molecule has 0 fully saturated rings. The molecule has 1 N–H and O–H groups in total. The maximum Gasteiger partial charge on any atom is 0.264 e. The molecule has 1 aromatic heterocycles. The monoisotopic (exact) mass is 378 g/mol. The third kappa shape index (κ3) is 2.61. The molecule has 142 valence electrons. The summed E-state index contributed by atoms with van der Waals surface area (Å²) in [7, 11) is 1.38. The lowest BCUT2D eigenvalue weighted by Gasteiger charge is -2.44. The number of pyridine rings is 1. The standard InChI is InChI=1S/C22H19FN2O3/c1-14-6-5-7-17-19(14)22(27,18-8-3-4-13-24-18)20(28-2)21(26)25(17)16-11-9-15(23)10-12-16/h3-13,20,27H,1-2H3. The average molecular weight is 378 g/mol. The van der Waals surface area contributed by atoms with Crippen molar-refractivity contribution in [1.29, 1.82) is 0 Å². The number of carbonyl (C=O) groups excluding carboxylic acids is 1. The van der Waals surface area contributed by atoms with Crippen molar-refractivity contribution >= 4 is 17.3 Å². The molecular weight excluding hydrogens is 359 g/mol. The van der Waals surface area contributed by atoms with Gasteiger partial charge < -0.3 is 9.84 Å². The zero-order valence-corrected chi connectivity index (χ0v) is 15.5. The Labute approximate surface area is 162 Å². The van der Waals surface area contributed by atoms with E-state index in [-0.39, 0.29) is 0 Å². The predicted octanol–water partition coefficient (Wildman–Crippen LogP) is 3.46. The maximum atomic E-state index is 13.4. The highest BCUT2D eigenvalue weighted by Crippen LogP contribution is 2.47. The Bertz CT molecular complexity index is 1020. The fourth-order valence-electron chi connectivity index (χ4n) is 3.86. The van der Waals surface area contributed by atoms with Crippen LogP contribution >= 0.6 is 0 Å². The first-order chi connectivity index (χ1) is 13.5. The summed E-state index contributed by atoms with van der Waals surface area (Å²) in [4.78, 5) is 19.2. The minimum atomic E-state index is -1.76. The van der Waals surface area contributed by atoms with Gasteiger partial charge in [-0.15, -0.1) is 0 Å². The molecule has 2 atom stereocenters. The van der Waals surface area contributed by atoms with E-state index >= 15 is 0 Å². The summed E-state index contributed by atoms with van der Waals surface area (Å²) >= 11 is 0. The summed E-state index contributed by atoms with van der Waals surface area (Å²) in [5.74, 6) is -0.855. The van der Waals surface area contributed by atoms with Crippen LogP contribution in [0.4, 0.5) is 15.8 Å². The van der Waals surface area contributed by atoms with Crippen LogP contribution in [0, 0.1) is 12.7 Å². The van der Waals surface area contributed by atoms with Crippen LogP contribution < -0.4 is 4.90 Å². The second kappa shape index (κ2) is 6.82. The molecule has 6 heteroatoms. The zero-order chi connectivity index (χ0) is 19.9. The number of hydrogen-bond donors (Lipinski definition) is 1. The predicted molar refractivity (Wildman–Crippen MR) is 103 cm³/mol. The molecular formula is C22H19FN2O3. The summed E-state index contributed by atoms with van der Waals surface area (Å²) in [6.45, 7) is 1.86. The number of aliphatic hydroxyl groups is 1. The number of anilines is 2. The van der Waals surface area contributed by atoms with E-state index in [1.807, 2.05) is 19.1 Å². The normalized spacial score (nSPS) is 21.5. The van der Waals surface area contributed by atoms with E-state index in [4.69, 9.17) is 4.74 Å². The Morgan fingerprint density at radius 2 is 1.86 bits per heavy atom. The fraction of sp³-hybridized carbons (Fsp3) is 0.182. The van der Waals surface area contributed by atoms with Crippen LogP contribution in [0.2, 0.25) is 0 Å². The highest BCUT2D eigenvalue weighted by molar-refractivity contribution is 6.07. The van der Waals surface area contributed by atoms with Crippen molar-refractivity contribution in [1.82, 2.24) is 4.98 Å². The molecule has 2 heterocycles. The number of carbonyl (C=O) groups is 1. The molecule has 0 aliphatic carbocycles. The minimum Gasteiger partial charge on any atom is -0.375 e. The summed E-state index contributed by atoms with van der Waals surface area (Å²) in [5.41, 5.74) is 0.882. The van der Waals surface area contributed by atoms with Gasteiger partial charge in [-0.1, -0.05) is 18.2 Å². The van der Waals surface area contributed by atoms with Crippen molar-refractivity contribution in [2.45, 2.75) is 18.6 Å². The van der Waals surface area contributed by atoms with E-state index in [0.717, 1.165) is 5.56 Å². The average Bonchev–Trinajstić information content (AvgIpc) is 2.70. The Hall–Kier alpha value is -3.09. The van der Waals surface area contributed by atoms with Crippen LogP contribution in [0.5, 0.6) is 0 Å². The highest BCUT2D eigenvalue weighted by Gasteiger charge is 2.54. The lowest BCUT2D eigenvalue weighted by molar-refractivity contribution is -0.145. The molecule has 28 heavy (non-hydrogen) atoms. The van der Waals surface area contributed by atoms with Crippen LogP contribution in [0.25, 0.3) is 0 Å². The van der Waals surface area contributed by atoms with Crippen LogP contribution in [0.1, 0.15) is 16.8 Å². The van der Waals surface area contributed by atoms with E-state index in [0.29, 0.717) is 22.6 Å². The van der Waals surface area contributed by atoms with Gasteiger partial charge in [0.1, 0.15) is 5.82 Å². The van der Waals surface area contributed by atoms with E-state index in [1.165, 1.54) is 36.3 Å². The van der Waals surface area contributed by atoms with Gasteiger partial charge in [0.05, 0.1) is 11.4 Å². The number of ether oxygens (including phenoxy) is 1. The first-order valence-electron chi connectivity index (χ1n) is 8.84. The minimum absolute atomic E-state index is 0.324. The topological polar surface area (TPSA) is 62.7 Å². The van der Waals surface area contributed by atoms with Gasteiger partial charge in [0.25, 0.3) is 5.91 Å². The molecule has 5 nitrogen and oxygen atoms in total. The first kappa shape index (κ1) is 18.3. The van der Waals surface area contributed by atoms with Crippen molar-refractivity contribution in [3.8, 4) is 0 Å². The number of methoxy groups -OCH3 is 1. The number of hydrogen-bond acceptors (Lipinski definition) is 4. The van der Waals surface area contributed by atoms with Gasteiger partial charge in [-0.25, -0.2) is 4.39 Å². The van der Waals surface area contributed by atoms with Gasteiger partial charge in [0, 0.05) is 24.6 Å². The molecule has 3 aromatic rings. The Kier molecular flexibility index (Phi) is 4.45. The van der Waals surface area contributed by atoms with Gasteiger partial charge in [-0.2, -0.15) is 0 Å². The number of halogens is 1. The SMILES string of the molecule is COC1C(=O)N(c2ccc(F)cc2)c2cccc(C)c2C1(O)c1ccccn1. The van der Waals surface area contributed by atoms with Crippen molar-refractivity contribution in [3.63, 3.8) is 0 Å². The molecule has 2 unspecified atom stereocenters. The third-order valence-corrected chi connectivity index (χ3v) is 5.07. The number of rotatable bonds is 3. The van der Waals surface area contributed by atoms with Gasteiger partial charge in [-0.3, -0.25) is 14.7 Å². The largest absolute Gasteiger partial charge is 0.375 e. The number of aryl methyl sites for hydroxylation is 1. The second-order valence-corrected chi connectivity index (χ2v) is 6.72. The first-order valence-corrected chi connectivity index (χ1v) is 8.84. The Morgan fingerprint density at radius 1 is 1.11 bits per heavy atom. The number of nitrogens with zero attached hydrogens (tertiary/aromatic N) is 2. The van der Waals surface area contributed by atoms with E-state index in [2.05, 4.69) is 4.98 Å². The second-order valence-electron chi connectivity index (χ2n) is 6.72. The van der Waals surface area contributed by atoms with Crippen molar-refractivity contribution in [3.05, 3.63) is 89.5 Å². The summed E-state index contributed by atoms with van der Waals surface area (Å²) in [6.07, 6.45) is 0.343. The molecule has 0 bridgehead atoms. The lowest BCUT2D eigenvalue weighted by atomic mass is 9.77. The quantitative estimate of drug-likeness (QED) is 0.758. The Balaban J connectivity index is 2.02. The molecule has 0 saturated carbocycles. The van der Waals surface area contributed by atoms with E-state index < -0.39 is 23.4 Å². The number of aromatic nitrogens is 1. The van der Waals surface area contributed by atoms with Crippen LogP contribution in [-0.2, 0) is 15.1 Å². The van der Waals surface area contributed by atoms with Crippen LogP contribution in [0.3, 0.4) is 0 Å². The van der Waals surface area contributed by atoms with E-state index in [1.54, 1.807) is 30.5 Å². The molecule has 4 rings (SSSR count). The molecule has 1 aliphatic heterocycles. The molecule has 1 amide bonds. The van der Waals surface area contributed by atoms with Crippen molar-refractivity contribution in [2.75, 3.05) is 12.0 Å². The number of benzene rings is 2. The number of amides is 1. The van der Waals surface area contributed by atoms with Crippen LogP contribution in [-0.4, -0.2) is 29.2 Å². The maximum absolute atomic E-state index is 13.4. The van der Waals surface area contributed by atoms with Gasteiger partial charge in [-0.05, 0) is 55.0 Å². The van der Waals surface area contributed by atoms with E-state index in [9.17, 15) is 14.3 Å². The number of fused-ring (bicyclic) bond motifs is 1. The summed E-state index contributed by atoms with van der Waals surface area (Å²) in [6, 6.07) is 16.2. The highest BCUT2D eigenvalue weighted by atomic mass is 19.1. The zero-order valence-electron chi connectivity index (χ0n) is 15.5. The molecule has 2 aromatic carbocycles. The molecule has 0 saturated heterocycles. The van der Waals surface area contributed by atoms with Gasteiger partial charge in [0.2, 0.25) is 0 Å². The summed E-state index contributed by atoms with van der Waals surface area (Å²) in [5, 5.41) is 11.8. The summed E-state index contributed by atoms with van der Waals surface area (Å²) < 4.78 is 18.9. The van der Waals surface area contributed by atoms with Crippen molar-refractivity contribution < 1.29 is 19.0 Å². The fourth-order valence-corrected chi connectivity index (χ4v) is 3.86.